The Kier molecular flexibility index (Phi) is 2.82. The van der Waals surface area contributed by atoms with E-state index < -0.39 is 39.1 Å². The Labute approximate surface area is 105 Å². The fourth-order valence-corrected chi connectivity index (χ4v) is 4.74. The van der Waals surface area contributed by atoms with E-state index in [4.69, 9.17) is 0 Å². The topological polar surface area (TPSA) is 9.72 Å². The van der Waals surface area contributed by atoms with Crippen molar-refractivity contribution in [3.63, 3.8) is 0 Å². The van der Waals surface area contributed by atoms with Crippen LogP contribution >= 0.6 is 0 Å². The van der Waals surface area contributed by atoms with Crippen molar-refractivity contribution in [1.82, 2.24) is 16.0 Å². The molecule has 4 aliphatic rings. The second kappa shape index (κ2) is 3.98. The molecule has 0 amide bonds. The molecule has 4 atom stereocenters. The first kappa shape index (κ1) is 13.4. The molecule has 3 nitrogen and oxygen atoms in total. The predicted octanol–water partition coefficient (Wildman–Crippen LogP) is 3.47. The van der Waals surface area contributed by atoms with Gasteiger partial charge in [-0.05, 0) is 38.0 Å². The Morgan fingerprint density at radius 2 is 1.16 bits per heavy atom. The van der Waals surface area contributed by atoms with Crippen LogP contribution in [-0.4, -0.2) is 27.2 Å². The zero-order chi connectivity index (χ0) is 14.0. The molecular formula is C10H13F6N3. The number of halogens is 6. The molecule has 0 spiro atoms. The SMILES string of the molecule is FN(F)C12CC3C[C@H](C1)C(N(F)F)(N(F)F)[C@@H](C3)C2. The smallest absolute Gasteiger partial charge is 0.101 e. The first-order chi connectivity index (χ1) is 8.83. The Morgan fingerprint density at radius 3 is 1.53 bits per heavy atom. The average molecular weight is 289 g/mol. The normalized spacial score (nSPS) is 43.7. The lowest BCUT2D eigenvalue weighted by Crippen LogP contribution is -2.72. The maximum absolute atomic E-state index is 13.1. The highest BCUT2D eigenvalue weighted by Crippen LogP contribution is 2.64. The first-order valence-corrected chi connectivity index (χ1v) is 6.18. The highest BCUT2D eigenvalue weighted by Gasteiger charge is 2.71. The van der Waals surface area contributed by atoms with Crippen molar-refractivity contribution in [2.45, 2.75) is 43.3 Å². The molecule has 19 heavy (non-hydrogen) atoms. The molecule has 4 rings (SSSR count). The van der Waals surface area contributed by atoms with E-state index in [1.165, 1.54) is 0 Å². The molecule has 0 aromatic carbocycles. The third-order valence-electron chi connectivity index (χ3n) is 5.26. The van der Waals surface area contributed by atoms with Crippen molar-refractivity contribution in [2.24, 2.45) is 17.8 Å². The molecule has 4 bridgehead atoms. The van der Waals surface area contributed by atoms with Gasteiger partial charge in [-0.15, -0.1) is 8.96 Å². The van der Waals surface area contributed by atoms with Crippen LogP contribution in [-0.2, 0) is 0 Å². The molecule has 4 fully saturated rings. The van der Waals surface area contributed by atoms with Gasteiger partial charge < -0.3 is 0 Å². The molecule has 0 heterocycles. The predicted molar refractivity (Wildman–Crippen MR) is 51.2 cm³/mol. The van der Waals surface area contributed by atoms with Crippen molar-refractivity contribution < 1.29 is 26.9 Å². The second-order valence-corrected chi connectivity index (χ2v) is 6.05. The Balaban J connectivity index is 2.01. The average Bonchev–Trinajstić information content (AvgIpc) is 2.26. The summed E-state index contributed by atoms with van der Waals surface area (Å²) in [7, 11) is 0. The lowest BCUT2D eigenvalue weighted by Gasteiger charge is -2.63. The van der Waals surface area contributed by atoms with E-state index in [1.807, 2.05) is 0 Å². The molecule has 4 aliphatic carbocycles. The van der Waals surface area contributed by atoms with Crippen LogP contribution in [0.4, 0.5) is 26.9 Å². The standard InChI is InChI=1S/C10H13F6N3/c11-17(12)9-3-6-1-7(4-9)10(18(13)14,19(15)16)8(2-6)5-9/h6-8H,1-5H2/t6?,7-,8+,9?. The molecule has 110 valence electrons. The third kappa shape index (κ3) is 1.52. The van der Waals surface area contributed by atoms with E-state index in [-0.39, 0.29) is 38.0 Å². The molecule has 4 saturated carbocycles. The van der Waals surface area contributed by atoms with Crippen LogP contribution in [0.25, 0.3) is 0 Å². The van der Waals surface area contributed by atoms with Gasteiger partial charge in [0, 0.05) is 27.9 Å². The lowest BCUT2D eigenvalue weighted by atomic mass is 9.49. The molecule has 2 unspecified atom stereocenters. The highest BCUT2D eigenvalue weighted by molar-refractivity contribution is 5.14. The van der Waals surface area contributed by atoms with Crippen LogP contribution < -0.4 is 0 Å². The first-order valence-electron chi connectivity index (χ1n) is 6.18. The summed E-state index contributed by atoms with van der Waals surface area (Å²) in [6.07, 6.45) is -0.120. The summed E-state index contributed by atoms with van der Waals surface area (Å²) in [5, 5.41) is -3.87. The summed E-state index contributed by atoms with van der Waals surface area (Å²) in [6.45, 7) is 0. The van der Waals surface area contributed by atoms with Gasteiger partial charge in [0.1, 0.15) is 0 Å². The largest absolute Gasteiger partial charge is 0.201 e. The Morgan fingerprint density at radius 1 is 0.684 bits per heavy atom. The Bertz CT molecular complexity index is 350. The lowest BCUT2D eigenvalue weighted by molar-refractivity contribution is -0.436. The van der Waals surface area contributed by atoms with Crippen molar-refractivity contribution >= 4 is 0 Å². The summed E-state index contributed by atoms with van der Waals surface area (Å²) < 4.78 is 78.6. The molecular weight excluding hydrogens is 276 g/mol. The molecule has 0 N–H and O–H groups in total. The number of rotatable bonds is 3. The van der Waals surface area contributed by atoms with Gasteiger partial charge in [-0.2, -0.15) is 0 Å². The van der Waals surface area contributed by atoms with Gasteiger partial charge in [0.25, 0.3) is 0 Å². The molecule has 0 aliphatic heterocycles. The van der Waals surface area contributed by atoms with Crippen LogP contribution in [0.3, 0.4) is 0 Å². The summed E-state index contributed by atoms with van der Waals surface area (Å²) >= 11 is 0. The summed E-state index contributed by atoms with van der Waals surface area (Å²) in [6, 6.07) is 0. The van der Waals surface area contributed by atoms with E-state index in [9.17, 15) is 26.9 Å². The number of hydrogen-bond acceptors (Lipinski definition) is 3. The van der Waals surface area contributed by atoms with Gasteiger partial charge in [0.15, 0.2) is 0 Å². The maximum Gasteiger partial charge on any atom is 0.201 e. The van der Waals surface area contributed by atoms with Crippen LogP contribution in [0.5, 0.6) is 0 Å². The van der Waals surface area contributed by atoms with Crippen LogP contribution in [0.1, 0.15) is 32.1 Å². The van der Waals surface area contributed by atoms with Crippen molar-refractivity contribution in [3.8, 4) is 0 Å². The highest BCUT2D eigenvalue weighted by atomic mass is 19.4. The number of nitrogens with zero attached hydrogens (tertiary/aromatic N) is 3. The van der Waals surface area contributed by atoms with E-state index >= 15 is 0 Å². The minimum atomic E-state index is -2.70. The fraction of sp³-hybridized carbons (Fsp3) is 1.00. The molecule has 0 saturated heterocycles. The monoisotopic (exact) mass is 289 g/mol. The minimum Gasteiger partial charge on any atom is -0.101 e. The van der Waals surface area contributed by atoms with E-state index in [2.05, 4.69) is 0 Å². The molecule has 0 aromatic heterocycles. The van der Waals surface area contributed by atoms with Crippen molar-refractivity contribution in [1.29, 1.82) is 0 Å². The van der Waals surface area contributed by atoms with Gasteiger partial charge in [0.05, 0.1) is 5.54 Å². The van der Waals surface area contributed by atoms with Gasteiger partial charge in [-0.3, -0.25) is 0 Å². The third-order valence-corrected chi connectivity index (χ3v) is 5.26. The summed E-state index contributed by atoms with van der Waals surface area (Å²) in [5.41, 5.74) is -4.19. The van der Waals surface area contributed by atoms with Gasteiger partial charge >= 0.3 is 0 Å². The minimum absolute atomic E-state index is 0.154. The second-order valence-electron chi connectivity index (χ2n) is 6.05. The molecule has 0 radical (unpaired) electrons. The summed E-state index contributed by atoms with van der Waals surface area (Å²) in [4.78, 5) is 0. The van der Waals surface area contributed by atoms with Crippen molar-refractivity contribution in [2.75, 3.05) is 0 Å². The van der Waals surface area contributed by atoms with Gasteiger partial charge in [-0.1, -0.05) is 17.9 Å². The molecule has 9 heteroatoms. The fourth-order valence-electron chi connectivity index (χ4n) is 4.74. The van der Waals surface area contributed by atoms with Crippen LogP contribution in [0.15, 0.2) is 0 Å². The van der Waals surface area contributed by atoms with Crippen LogP contribution in [0, 0.1) is 17.8 Å². The van der Waals surface area contributed by atoms with E-state index in [1.54, 1.807) is 0 Å². The summed E-state index contributed by atoms with van der Waals surface area (Å²) in [5.74, 6) is -2.45. The number of hydrogen-bond donors (Lipinski definition) is 0. The zero-order valence-electron chi connectivity index (χ0n) is 9.88. The Hall–Kier alpha value is -0.540. The zero-order valence-corrected chi connectivity index (χ0v) is 9.88. The maximum atomic E-state index is 13.1. The van der Waals surface area contributed by atoms with Gasteiger partial charge in [0.2, 0.25) is 5.66 Å². The van der Waals surface area contributed by atoms with Crippen LogP contribution in [0.2, 0.25) is 0 Å². The van der Waals surface area contributed by atoms with E-state index in [0.29, 0.717) is 0 Å². The van der Waals surface area contributed by atoms with E-state index in [0.717, 1.165) is 0 Å². The van der Waals surface area contributed by atoms with Crippen molar-refractivity contribution in [3.05, 3.63) is 0 Å². The quantitative estimate of drug-likeness (QED) is 0.447. The molecule has 0 aromatic rings. The van der Waals surface area contributed by atoms with Gasteiger partial charge in [-0.25, -0.2) is 0 Å².